The third kappa shape index (κ3) is 5.22. The Morgan fingerprint density at radius 1 is 0.969 bits per heavy atom. The molecule has 1 aliphatic heterocycles. The van der Waals surface area contributed by atoms with Gasteiger partial charge in [0.05, 0.1) is 11.7 Å². The SMILES string of the molecule is CN1CCN(CC(NC(=O)c2cccc(-n3[nH]c(=O)ccc3=O)c2)c2ccccc2)CC1. The Bertz CT molecular complexity index is 1180. The summed E-state index contributed by atoms with van der Waals surface area (Å²) in [5.41, 5.74) is 1.11. The van der Waals surface area contributed by atoms with E-state index in [-0.39, 0.29) is 17.5 Å². The van der Waals surface area contributed by atoms with Crippen molar-refractivity contribution >= 4 is 5.91 Å². The number of hydrogen-bond donors (Lipinski definition) is 2. The molecule has 32 heavy (non-hydrogen) atoms. The van der Waals surface area contributed by atoms with Crippen LogP contribution in [0.15, 0.2) is 76.3 Å². The number of hydrogen-bond acceptors (Lipinski definition) is 5. The molecular formula is C24H27N5O3. The average molecular weight is 434 g/mol. The van der Waals surface area contributed by atoms with Crippen molar-refractivity contribution in [1.29, 1.82) is 0 Å². The van der Waals surface area contributed by atoms with Crippen LogP contribution in [0.25, 0.3) is 5.69 Å². The molecule has 0 aliphatic carbocycles. The molecule has 0 bridgehead atoms. The minimum atomic E-state index is -0.393. The number of carbonyl (C=O) groups is 1. The highest BCUT2D eigenvalue weighted by Gasteiger charge is 2.22. The first kappa shape index (κ1) is 21.7. The molecule has 1 saturated heterocycles. The van der Waals surface area contributed by atoms with E-state index >= 15 is 0 Å². The molecule has 2 heterocycles. The molecule has 1 aromatic heterocycles. The second-order valence-electron chi connectivity index (χ2n) is 8.07. The molecule has 2 aromatic carbocycles. The summed E-state index contributed by atoms with van der Waals surface area (Å²) in [6.07, 6.45) is 0. The number of aromatic nitrogens is 2. The van der Waals surface area contributed by atoms with Crippen LogP contribution in [0.4, 0.5) is 0 Å². The fraction of sp³-hybridized carbons (Fsp3) is 0.292. The van der Waals surface area contributed by atoms with Gasteiger partial charge in [-0.25, -0.2) is 4.68 Å². The van der Waals surface area contributed by atoms with E-state index in [2.05, 4.69) is 27.3 Å². The molecule has 8 nitrogen and oxygen atoms in total. The second kappa shape index (κ2) is 9.76. The Hall–Kier alpha value is -3.49. The fourth-order valence-electron chi connectivity index (χ4n) is 3.85. The Balaban J connectivity index is 1.56. The van der Waals surface area contributed by atoms with Crippen LogP contribution < -0.4 is 16.4 Å². The van der Waals surface area contributed by atoms with E-state index in [1.165, 1.54) is 12.1 Å². The summed E-state index contributed by atoms with van der Waals surface area (Å²) >= 11 is 0. The van der Waals surface area contributed by atoms with Gasteiger partial charge in [0, 0.05) is 50.4 Å². The van der Waals surface area contributed by atoms with E-state index in [1.807, 2.05) is 30.3 Å². The van der Waals surface area contributed by atoms with Gasteiger partial charge in [0.1, 0.15) is 0 Å². The molecule has 0 saturated carbocycles. The topological polar surface area (TPSA) is 90.4 Å². The number of piperazine rings is 1. The van der Waals surface area contributed by atoms with Crippen LogP contribution in [0.1, 0.15) is 22.0 Å². The molecule has 1 amide bonds. The number of nitrogens with zero attached hydrogens (tertiary/aromatic N) is 3. The van der Waals surface area contributed by atoms with E-state index in [0.29, 0.717) is 11.3 Å². The van der Waals surface area contributed by atoms with Crippen LogP contribution in [0, 0.1) is 0 Å². The summed E-state index contributed by atoms with van der Waals surface area (Å²) in [4.78, 5) is 41.6. The fourth-order valence-corrected chi connectivity index (χ4v) is 3.85. The van der Waals surface area contributed by atoms with Crippen molar-refractivity contribution in [3.8, 4) is 5.69 Å². The van der Waals surface area contributed by atoms with E-state index in [9.17, 15) is 14.4 Å². The van der Waals surface area contributed by atoms with Gasteiger partial charge in [-0.15, -0.1) is 0 Å². The van der Waals surface area contributed by atoms with Crippen LogP contribution in [0.5, 0.6) is 0 Å². The van der Waals surface area contributed by atoms with Gasteiger partial charge >= 0.3 is 0 Å². The molecule has 3 aromatic rings. The third-order valence-electron chi connectivity index (χ3n) is 5.73. The quantitative estimate of drug-likeness (QED) is 0.611. The second-order valence-corrected chi connectivity index (χ2v) is 8.07. The van der Waals surface area contributed by atoms with Crippen LogP contribution in [0.2, 0.25) is 0 Å². The lowest BCUT2D eigenvalue weighted by atomic mass is 10.0. The first-order chi connectivity index (χ1) is 15.5. The third-order valence-corrected chi connectivity index (χ3v) is 5.73. The highest BCUT2D eigenvalue weighted by molar-refractivity contribution is 5.95. The van der Waals surface area contributed by atoms with Crippen molar-refractivity contribution in [3.05, 3.63) is 98.6 Å². The van der Waals surface area contributed by atoms with Gasteiger partial charge in [-0.2, -0.15) is 0 Å². The molecule has 1 fully saturated rings. The smallest absolute Gasteiger partial charge is 0.269 e. The molecule has 1 unspecified atom stereocenters. The maximum absolute atomic E-state index is 13.2. The summed E-state index contributed by atoms with van der Waals surface area (Å²) in [5, 5.41) is 5.65. The molecule has 0 radical (unpaired) electrons. The van der Waals surface area contributed by atoms with Crippen LogP contribution in [-0.4, -0.2) is 65.3 Å². The molecule has 8 heteroatoms. The lowest BCUT2D eigenvalue weighted by molar-refractivity contribution is 0.0907. The summed E-state index contributed by atoms with van der Waals surface area (Å²) in [6, 6.07) is 18.8. The van der Waals surface area contributed by atoms with Crippen molar-refractivity contribution in [1.82, 2.24) is 24.9 Å². The van der Waals surface area contributed by atoms with E-state index in [1.54, 1.807) is 24.3 Å². The number of rotatable bonds is 6. The zero-order chi connectivity index (χ0) is 22.5. The van der Waals surface area contributed by atoms with Crippen molar-refractivity contribution in [2.75, 3.05) is 39.8 Å². The van der Waals surface area contributed by atoms with E-state index < -0.39 is 5.56 Å². The first-order valence-electron chi connectivity index (χ1n) is 10.7. The summed E-state index contributed by atoms with van der Waals surface area (Å²) < 4.78 is 1.14. The van der Waals surface area contributed by atoms with Gasteiger partial charge in [-0.3, -0.25) is 24.4 Å². The lowest BCUT2D eigenvalue weighted by Gasteiger charge is -2.35. The number of likely N-dealkylation sites (N-methyl/N-ethyl adjacent to an activating group) is 1. The van der Waals surface area contributed by atoms with Gasteiger partial charge in [0.2, 0.25) is 0 Å². The van der Waals surface area contributed by atoms with Crippen molar-refractivity contribution < 1.29 is 4.79 Å². The van der Waals surface area contributed by atoms with Gasteiger partial charge in [-0.05, 0) is 30.8 Å². The summed E-state index contributed by atoms with van der Waals surface area (Å²) in [6.45, 7) is 4.63. The Morgan fingerprint density at radius 2 is 1.72 bits per heavy atom. The number of nitrogens with one attached hydrogen (secondary N) is 2. The normalized spacial score (nSPS) is 15.9. The number of benzene rings is 2. The van der Waals surface area contributed by atoms with E-state index in [4.69, 9.17) is 0 Å². The predicted molar refractivity (Wildman–Crippen MR) is 123 cm³/mol. The Morgan fingerprint density at radius 3 is 2.47 bits per heavy atom. The number of H-pyrrole nitrogens is 1. The average Bonchev–Trinajstić information content (AvgIpc) is 2.82. The molecule has 4 rings (SSSR count). The monoisotopic (exact) mass is 433 g/mol. The molecule has 0 spiro atoms. The van der Waals surface area contributed by atoms with Crippen molar-refractivity contribution in [2.24, 2.45) is 0 Å². The molecule has 1 atom stereocenters. The largest absolute Gasteiger partial charge is 0.344 e. The molecule has 1 aliphatic rings. The molecule has 166 valence electrons. The minimum absolute atomic E-state index is 0.171. The molecule has 2 N–H and O–H groups in total. The van der Waals surface area contributed by atoms with Gasteiger partial charge in [0.15, 0.2) is 0 Å². The lowest BCUT2D eigenvalue weighted by Crippen LogP contribution is -2.47. The zero-order valence-corrected chi connectivity index (χ0v) is 18.0. The van der Waals surface area contributed by atoms with Crippen molar-refractivity contribution in [3.63, 3.8) is 0 Å². The van der Waals surface area contributed by atoms with Gasteiger partial charge < -0.3 is 10.2 Å². The highest BCUT2D eigenvalue weighted by atomic mass is 16.2. The maximum atomic E-state index is 13.2. The standard InChI is InChI=1S/C24H27N5O3/c1-27-12-14-28(15-13-27)17-21(18-6-3-2-4-7-18)25-24(32)19-8-5-9-20(16-19)29-23(31)11-10-22(30)26-29/h2-11,16,21H,12-15,17H2,1H3,(H,25,32)(H,26,30). The van der Waals surface area contributed by atoms with E-state index in [0.717, 1.165) is 43.0 Å². The maximum Gasteiger partial charge on any atom is 0.269 e. The van der Waals surface area contributed by atoms with Crippen LogP contribution in [0.3, 0.4) is 0 Å². The predicted octanol–water partition coefficient (Wildman–Crippen LogP) is 1.24. The first-order valence-corrected chi connectivity index (χ1v) is 10.7. The van der Waals surface area contributed by atoms with Gasteiger partial charge in [0.25, 0.3) is 17.0 Å². The Labute approximate surface area is 186 Å². The number of amides is 1. The summed E-state index contributed by atoms with van der Waals surface area (Å²) in [7, 11) is 2.12. The molecular weight excluding hydrogens is 406 g/mol. The number of carbonyl (C=O) groups excluding carboxylic acids is 1. The van der Waals surface area contributed by atoms with Crippen LogP contribution in [-0.2, 0) is 0 Å². The minimum Gasteiger partial charge on any atom is -0.344 e. The van der Waals surface area contributed by atoms with Crippen LogP contribution >= 0.6 is 0 Å². The summed E-state index contributed by atoms with van der Waals surface area (Å²) in [5.74, 6) is -0.235. The highest BCUT2D eigenvalue weighted by Crippen LogP contribution is 2.17. The van der Waals surface area contributed by atoms with Gasteiger partial charge in [-0.1, -0.05) is 36.4 Å². The van der Waals surface area contributed by atoms with Crippen molar-refractivity contribution in [2.45, 2.75) is 6.04 Å². The number of aromatic amines is 1. The Kier molecular flexibility index (Phi) is 6.63. The zero-order valence-electron chi connectivity index (χ0n) is 18.0.